The van der Waals surface area contributed by atoms with Crippen molar-refractivity contribution in [3.8, 4) is 0 Å². The maximum Gasteiger partial charge on any atom is 0.255 e. The molecule has 1 heterocycles. The molecule has 0 aliphatic carbocycles. The van der Waals surface area contributed by atoms with Gasteiger partial charge in [0.1, 0.15) is 6.17 Å². The van der Waals surface area contributed by atoms with Crippen LogP contribution in [0, 0.1) is 6.92 Å². The molecule has 2 aromatic rings. The third kappa shape index (κ3) is 2.53. The Balaban J connectivity index is 2.07. The number of anilines is 1. The standard InChI is InChI=1S/C17H17N3O2/c1-11-6-8-12(9-7-11)16-19-17(22)13-4-2-3-5-14(13)20(16)10-15(18)21/h2-9,16H,10H2,1H3,(H2,18,21)(H,19,22)/t16-/m1/s1. The maximum atomic E-state index is 12.3. The number of primary amides is 1. The van der Waals surface area contributed by atoms with Crippen molar-refractivity contribution in [1.82, 2.24) is 5.32 Å². The molecule has 0 saturated heterocycles. The Bertz CT molecular complexity index is 725. The van der Waals surface area contributed by atoms with Crippen LogP contribution >= 0.6 is 0 Å². The second kappa shape index (κ2) is 5.52. The van der Waals surface area contributed by atoms with Crippen molar-refractivity contribution in [2.24, 2.45) is 5.73 Å². The highest BCUT2D eigenvalue weighted by atomic mass is 16.2. The molecule has 1 atom stereocenters. The van der Waals surface area contributed by atoms with E-state index in [9.17, 15) is 9.59 Å². The van der Waals surface area contributed by atoms with E-state index in [0.29, 0.717) is 5.56 Å². The molecule has 112 valence electrons. The molecule has 3 rings (SSSR count). The van der Waals surface area contributed by atoms with Gasteiger partial charge < -0.3 is 16.0 Å². The van der Waals surface area contributed by atoms with E-state index in [0.717, 1.165) is 16.8 Å². The lowest BCUT2D eigenvalue weighted by Gasteiger charge is -2.38. The van der Waals surface area contributed by atoms with Crippen LogP contribution in [0.4, 0.5) is 5.69 Å². The van der Waals surface area contributed by atoms with Crippen molar-refractivity contribution in [2.75, 3.05) is 11.4 Å². The molecule has 0 fully saturated rings. The molecule has 0 spiro atoms. The Kier molecular flexibility index (Phi) is 3.55. The summed E-state index contributed by atoms with van der Waals surface area (Å²) in [6.45, 7) is 2.04. The molecule has 22 heavy (non-hydrogen) atoms. The number of carbonyl (C=O) groups excluding carboxylic acids is 2. The van der Waals surface area contributed by atoms with E-state index in [2.05, 4.69) is 5.32 Å². The molecule has 2 amide bonds. The summed E-state index contributed by atoms with van der Waals surface area (Å²) < 4.78 is 0. The van der Waals surface area contributed by atoms with Gasteiger partial charge in [-0.25, -0.2) is 0 Å². The van der Waals surface area contributed by atoms with Crippen LogP contribution in [0.15, 0.2) is 48.5 Å². The molecule has 5 nitrogen and oxygen atoms in total. The molecule has 2 aromatic carbocycles. The fourth-order valence-corrected chi connectivity index (χ4v) is 2.69. The van der Waals surface area contributed by atoms with E-state index in [1.165, 1.54) is 0 Å². The van der Waals surface area contributed by atoms with Gasteiger partial charge in [0.05, 0.1) is 17.8 Å². The summed E-state index contributed by atoms with van der Waals surface area (Å²) in [7, 11) is 0. The number of hydrogen-bond donors (Lipinski definition) is 2. The van der Waals surface area contributed by atoms with Gasteiger partial charge in [-0.15, -0.1) is 0 Å². The lowest BCUT2D eigenvalue weighted by Crippen LogP contribution is -2.49. The number of fused-ring (bicyclic) bond motifs is 1. The first-order valence-electron chi connectivity index (χ1n) is 7.07. The number of rotatable bonds is 3. The monoisotopic (exact) mass is 295 g/mol. The second-order valence-corrected chi connectivity index (χ2v) is 5.40. The van der Waals surface area contributed by atoms with Gasteiger partial charge in [-0.1, -0.05) is 42.0 Å². The summed E-state index contributed by atoms with van der Waals surface area (Å²) in [4.78, 5) is 25.6. The van der Waals surface area contributed by atoms with Crippen molar-refractivity contribution in [3.05, 3.63) is 65.2 Å². The van der Waals surface area contributed by atoms with Gasteiger partial charge in [0.25, 0.3) is 5.91 Å². The number of nitrogens with one attached hydrogen (secondary N) is 1. The molecule has 0 aromatic heterocycles. The number of nitrogens with zero attached hydrogens (tertiary/aromatic N) is 1. The van der Waals surface area contributed by atoms with Crippen LogP contribution in [0.25, 0.3) is 0 Å². The Labute approximate surface area is 128 Å². The fourth-order valence-electron chi connectivity index (χ4n) is 2.69. The smallest absolute Gasteiger partial charge is 0.255 e. The van der Waals surface area contributed by atoms with Crippen molar-refractivity contribution in [2.45, 2.75) is 13.1 Å². The summed E-state index contributed by atoms with van der Waals surface area (Å²) >= 11 is 0. The Hall–Kier alpha value is -2.82. The number of benzene rings is 2. The molecule has 0 saturated carbocycles. The van der Waals surface area contributed by atoms with Gasteiger partial charge in [-0.3, -0.25) is 9.59 Å². The highest BCUT2D eigenvalue weighted by molar-refractivity contribution is 6.02. The highest BCUT2D eigenvalue weighted by Crippen LogP contribution is 2.32. The summed E-state index contributed by atoms with van der Waals surface area (Å²) in [5.74, 6) is -0.593. The molecular weight excluding hydrogens is 278 g/mol. The number of hydrogen-bond acceptors (Lipinski definition) is 3. The number of aryl methyl sites for hydroxylation is 1. The minimum atomic E-state index is -0.442. The fraction of sp³-hybridized carbons (Fsp3) is 0.176. The van der Waals surface area contributed by atoms with E-state index in [-0.39, 0.29) is 12.5 Å². The molecule has 1 aliphatic heterocycles. The number of nitrogens with two attached hydrogens (primary N) is 1. The third-order valence-electron chi connectivity index (χ3n) is 3.76. The molecular formula is C17H17N3O2. The first-order valence-corrected chi connectivity index (χ1v) is 7.07. The van der Waals surface area contributed by atoms with Gasteiger partial charge in [0.15, 0.2) is 0 Å². The van der Waals surface area contributed by atoms with Crippen molar-refractivity contribution in [3.63, 3.8) is 0 Å². The summed E-state index contributed by atoms with van der Waals surface area (Å²) in [5.41, 5.74) is 8.70. The highest BCUT2D eigenvalue weighted by Gasteiger charge is 2.32. The minimum absolute atomic E-state index is 0.0375. The lowest BCUT2D eigenvalue weighted by atomic mass is 10.0. The van der Waals surface area contributed by atoms with Crippen LogP contribution < -0.4 is 16.0 Å². The molecule has 1 aliphatic rings. The summed E-state index contributed by atoms with van der Waals surface area (Å²) in [5, 5.41) is 2.94. The van der Waals surface area contributed by atoms with E-state index in [1.807, 2.05) is 48.2 Å². The molecule has 0 bridgehead atoms. The van der Waals surface area contributed by atoms with Gasteiger partial charge in [0.2, 0.25) is 5.91 Å². The number of amides is 2. The van der Waals surface area contributed by atoms with Crippen LogP contribution in [0.5, 0.6) is 0 Å². The Morgan fingerprint density at radius 2 is 1.86 bits per heavy atom. The quantitative estimate of drug-likeness (QED) is 0.905. The van der Waals surface area contributed by atoms with Crippen molar-refractivity contribution < 1.29 is 9.59 Å². The van der Waals surface area contributed by atoms with Gasteiger partial charge in [-0.2, -0.15) is 0 Å². The van der Waals surface area contributed by atoms with E-state index >= 15 is 0 Å². The maximum absolute atomic E-state index is 12.3. The normalized spacial score (nSPS) is 16.9. The summed E-state index contributed by atoms with van der Waals surface area (Å²) in [6.07, 6.45) is -0.407. The SMILES string of the molecule is Cc1ccc([C@@H]2NC(=O)c3ccccc3N2CC(N)=O)cc1. The Morgan fingerprint density at radius 3 is 2.55 bits per heavy atom. The average Bonchev–Trinajstić information content (AvgIpc) is 2.51. The second-order valence-electron chi connectivity index (χ2n) is 5.40. The first kappa shape index (κ1) is 14.1. The number of para-hydroxylation sites is 1. The van der Waals surface area contributed by atoms with Crippen LogP contribution in [-0.4, -0.2) is 18.4 Å². The Morgan fingerprint density at radius 1 is 1.18 bits per heavy atom. The molecule has 3 N–H and O–H groups in total. The number of carbonyl (C=O) groups is 2. The largest absolute Gasteiger partial charge is 0.368 e. The molecule has 0 unspecified atom stereocenters. The van der Waals surface area contributed by atoms with Crippen molar-refractivity contribution >= 4 is 17.5 Å². The van der Waals surface area contributed by atoms with Crippen molar-refractivity contribution in [1.29, 1.82) is 0 Å². The van der Waals surface area contributed by atoms with E-state index < -0.39 is 12.1 Å². The van der Waals surface area contributed by atoms with Gasteiger partial charge >= 0.3 is 0 Å². The summed E-state index contributed by atoms with van der Waals surface area (Å²) in [6, 6.07) is 15.1. The van der Waals surface area contributed by atoms with Gasteiger partial charge in [0, 0.05) is 0 Å². The van der Waals surface area contributed by atoms with Crippen LogP contribution in [0.3, 0.4) is 0 Å². The van der Waals surface area contributed by atoms with Crippen LogP contribution in [0.1, 0.15) is 27.7 Å². The predicted molar refractivity (Wildman–Crippen MR) is 84.4 cm³/mol. The average molecular weight is 295 g/mol. The topological polar surface area (TPSA) is 75.4 Å². The zero-order valence-electron chi connectivity index (χ0n) is 12.2. The molecule has 0 radical (unpaired) electrons. The van der Waals surface area contributed by atoms with Crippen LogP contribution in [-0.2, 0) is 4.79 Å². The van der Waals surface area contributed by atoms with Gasteiger partial charge in [-0.05, 0) is 24.6 Å². The van der Waals surface area contributed by atoms with E-state index in [4.69, 9.17) is 5.73 Å². The zero-order valence-corrected chi connectivity index (χ0v) is 12.2. The predicted octanol–water partition coefficient (Wildman–Crippen LogP) is 1.73. The third-order valence-corrected chi connectivity index (χ3v) is 3.76. The van der Waals surface area contributed by atoms with Crippen LogP contribution in [0.2, 0.25) is 0 Å². The minimum Gasteiger partial charge on any atom is -0.368 e. The van der Waals surface area contributed by atoms with E-state index in [1.54, 1.807) is 12.1 Å². The lowest BCUT2D eigenvalue weighted by molar-refractivity contribution is -0.116. The molecule has 5 heteroatoms. The zero-order chi connectivity index (χ0) is 15.7. The first-order chi connectivity index (χ1) is 10.6.